The van der Waals surface area contributed by atoms with E-state index in [0.717, 1.165) is 12.8 Å². The Kier molecular flexibility index (Phi) is 2.20. The Bertz CT molecular complexity index is 170. The molecule has 1 rings (SSSR count). The molecule has 1 aliphatic rings. The first-order valence-corrected chi connectivity index (χ1v) is 4.31. The molecule has 2 unspecified atom stereocenters. The lowest BCUT2D eigenvalue weighted by Crippen LogP contribution is -2.52. The van der Waals surface area contributed by atoms with Crippen LogP contribution >= 0.6 is 0 Å². The largest absolute Gasteiger partial charge is 0.313 e. The van der Waals surface area contributed by atoms with Crippen molar-refractivity contribution in [1.82, 2.24) is 0 Å². The highest BCUT2D eigenvalue weighted by molar-refractivity contribution is 5.12. The van der Waals surface area contributed by atoms with Crippen LogP contribution < -0.4 is 5.73 Å². The molecule has 2 nitrogen and oxygen atoms in total. The van der Waals surface area contributed by atoms with Gasteiger partial charge in [0.1, 0.15) is 5.54 Å². The topological polar surface area (TPSA) is 49.8 Å². The molecular weight excluding hydrogens is 136 g/mol. The van der Waals surface area contributed by atoms with E-state index in [1.54, 1.807) is 0 Å². The van der Waals surface area contributed by atoms with E-state index in [4.69, 9.17) is 11.0 Å². The van der Waals surface area contributed by atoms with Gasteiger partial charge >= 0.3 is 0 Å². The van der Waals surface area contributed by atoms with Gasteiger partial charge in [-0.2, -0.15) is 5.26 Å². The maximum atomic E-state index is 8.92. The Balaban J connectivity index is 2.80. The Morgan fingerprint density at radius 1 is 1.36 bits per heavy atom. The minimum atomic E-state index is -0.557. The van der Waals surface area contributed by atoms with E-state index in [-0.39, 0.29) is 0 Å². The van der Waals surface area contributed by atoms with Gasteiger partial charge in [-0.05, 0) is 24.7 Å². The standard InChI is InChI=1S/C9H16N2/c1-7-4-3-5-8(2)9(7,11)6-10/h7-8H,3-5,11H2,1-2H3. The van der Waals surface area contributed by atoms with E-state index in [9.17, 15) is 0 Å². The summed E-state index contributed by atoms with van der Waals surface area (Å²) in [5.74, 6) is 0.715. The minimum Gasteiger partial charge on any atom is -0.313 e. The van der Waals surface area contributed by atoms with Gasteiger partial charge in [0.15, 0.2) is 0 Å². The van der Waals surface area contributed by atoms with Crippen molar-refractivity contribution in [3.8, 4) is 6.07 Å². The number of nitrogens with zero attached hydrogens (tertiary/aromatic N) is 1. The summed E-state index contributed by atoms with van der Waals surface area (Å²) in [5, 5.41) is 8.92. The van der Waals surface area contributed by atoms with Crippen LogP contribution in [0, 0.1) is 23.2 Å². The second-order valence-electron chi connectivity index (χ2n) is 3.78. The van der Waals surface area contributed by atoms with Gasteiger partial charge in [0.2, 0.25) is 0 Å². The minimum absolute atomic E-state index is 0.358. The molecule has 0 spiro atoms. The van der Waals surface area contributed by atoms with Gasteiger partial charge in [-0.1, -0.05) is 20.3 Å². The Labute approximate surface area is 68.4 Å². The summed E-state index contributed by atoms with van der Waals surface area (Å²) in [6.45, 7) is 4.16. The van der Waals surface area contributed by atoms with Crippen LogP contribution in [0.1, 0.15) is 33.1 Å². The van der Waals surface area contributed by atoms with Crippen LogP contribution in [0.15, 0.2) is 0 Å². The second-order valence-corrected chi connectivity index (χ2v) is 3.78. The molecule has 2 N–H and O–H groups in total. The number of hydrogen-bond donors (Lipinski definition) is 1. The molecule has 0 aromatic carbocycles. The van der Waals surface area contributed by atoms with E-state index in [1.807, 2.05) is 0 Å². The maximum absolute atomic E-state index is 8.92. The molecule has 0 heterocycles. The molecule has 2 heteroatoms. The van der Waals surface area contributed by atoms with Crippen LogP contribution in [-0.4, -0.2) is 5.54 Å². The van der Waals surface area contributed by atoms with Gasteiger partial charge < -0.3 is 5.73 Å². The lowest BCUT2D eigenvalue weighted by Gasteiger charge is -2.38. The Morgan fingerprint density at radius 3 is 2.09 bits per heavy atom. The highest BCUT2D eigenvalue weighted by Crippen LogP contribution is 2.35. The molecule has 0 radical (unpaired) electrons. The zero-order chi connectivity index (χ0) is 8.48. The third-order valence-corrected chi connectivity index (χ3v) is 3.10. The van der Waals surface area contributed by atoms with E-state index in [1.165, 1.54) is 6.42 Å². The smallest absolute Gasteiger partial charge is 0.109 e. The quantitative estimate of drug-likeness (QED) is 0.574. The summed E-state index contributed by atoms with van der Waals surface area (Å²) < 4.78 is 0. The third kappa shape index (κ3) is 1.25. The molecule has 0 bridgehead atoms. The number of rotatable bonds is 0. The first kappa shape index (κ1) is 8.55. The summed E-state index contributed by atoms with van der Waals surface area (Å²) in [5.41, 5.74) is 5.43. The zero-order valence-corrected chi connectivity index (χ0v) is 7.30. The monoisotopic (exact) mass is 152 g/mol. The van der Waals surface area contributed by atoms with Gasteiger partial charge in [0.05, 0.1) is 6.07 Å². The van der Waals surface area contributed by atoms with Crippen LogP contribution in [0.2, 0.25) is 0 Å². The summed E-state index contributed by atoms with van der Waals surface area (Å²) in [6.07, 6.45) is 3.44. The lowest BCUT2D eigenvalue weighted by molar-refractivity contribution is 0.188. The third-order valence-electron chi connectivity index (χ3n) is 3.10. The highest BCUT2D eigenvalue weighted by Gasteiger charge is 2.40. The fraction of sp³-hybridized carbons (Fsp3) is 0.889. The molecule has 11 heavy (non-hydrogen) atoms. The molecule has 0 aromatic rings. The van der Waals surface area contributed by atoms with Crippen molar-refractivity contribution in [2.45, 2.75) is 38.6 Å². The molecule has 2 atom stereocenters. The van der Waals surface area contributed by atoms with Crippen molar-refractivity contribution in [3.63, 3.8) is 0 Å². The number of hydrogen-bond acceptors (Lipinski definition) is 2. The van der Waals surface area contributed by atoms with Crippen LogP contribution in [0.5, 0.6) is 0 Å². The van der Waals surface area contributed by atoms with E-state index in [2.05, 4.69) is 19.9 Å². The molecule has 1 saturated carbocycles. The highest BCUT2D eigenvalue weighted by atomic mass is 14.8. The SMILES string of the molecule is CC1CCCC(C)C1(N)C#N. The molecular formula is C9H16N2. The van der Waals surface area contributed by atoms with Crippen molar-refractivity contribution >= 4 is 0 Å². The molecule has 0 aromatic heterocycles. The normalized spacial score (nSPS) is 44.9. The molecule has 1 aliphatic carbocycles. The van der Waals surface area contributed by atoms with Crippen molar-refractivity contribution in [2.75, 3.05) is 0 Å². The average molecular weight is 152 g/mol. The summed E-state index contributed by atoms with van der Waals surface area (Å²) >= 11 is 0. The van der Waals surface area contributed by atoms with Crippen LogP contribution in [0.25, 0.3) is 0 Å². The van der Waals surface area contributed by atoms with Crippen molar-refractivity contribution in [1.29, 1.82) is 5.26 Å². The Morgan fingerprint density at radius 2 is 1.82 bits per heavy atom. The predicted molar refractivity (Wildman–Crippen MR) is 44.7 cm³/mol. The van der Waals surface area contributed by atoms with Crippen molar-refractivity contribution in [2.24, 2.45) is 17.6 Å². The van der Waals surface area contributed by atoms with E-state index >= 15 is 0 Å². The van der Waals surface area contributed by atoms with E-state index < -0.39 is 5.54 Å². The fourth-order valence-electron chi connectivity index (χ4n) is 1.91. The van der Waals surface area contributed by atoms with Gasteiger partial charge in [-0.25, -0.2) is 0 Å². The van der Waals surface area contributed by atoms with Gasteiger partial charge in [-0.15, -0.1) is 0 Å². The first-order valence-electron chi connectivity index (χ1n) is 4.31. The molecule has 0 saturated heterocycles. The van der Waals surface area contributed by atoms with Crippen molar-refractivity contribution in [3.05, 3.63) is 0 Å². The molecule has 0 aliphatic heterocycles. The molecule has 1 fully saturated rings. The predicted octanol–water partition coefficient (Wildman–Crippen LogP) is 1.66. The van der Waals surface area contributed by atoms with Gasteiger partial charge in [0.25, 0.3) is 0 Å². The van der Waals surface area contributed by atoms with Crippen LogP contribution in [0.3, 0.4) is 0 Å². The van der Waals surface area contributed by atoms with Crippen LogP contribution in [-0.2, 0) is 0 Å². The average Bonchev–Trinajstić information content (AvgIpc) is 2.00. The number of nitrogens with two attached hydrogens (primary N) is 1. The first-order chi connectivity index (χ1) is 5.11. The van der Waals surface area contributed by atoms with E-state index in [0.29, 0.717) is 11.8 Å². The molecule has 0 amide bonds. The lowest BCUT2D eigenvalue weighted by atomic mass is 9.69. The Hall–Kier alpha value is -0.550. The fourth-order valence-corrected chi connectivity index (χ4v) is 1.91. The van der Waals surface area contributed by atoms with Crippen LogP contribution in [0.4, 0.5) is 0 Å². The molecule has 62 valence electrons. The number of nitriles is 1. The second kappa shape index (κ2) is 2.83. The van der Waals surface area contributed by atoms with Gasteiger partial charge in [0, 0.05) is 0 Å². The zero-order valence-electron chi connectivity index (χ0n) is 7.30. The summed E-state index contributed by atoms with van der Waals surface area (Å²) in [7, 11) is 0. The van der Waals surface area contributed by atoms with Crippen molar-refractivity contribution < 1.29 is 0 Å². The summed E-state index contributed by atoms with van der Waals surface area (Å²) in [4.78, 5) is 0. The summed E-state index contributed by atoms with van der Waals surface area (Å²) in [6, 6.07) is 2.26. The van der Waals surface area contributed by atoms with Gasteiger partial charge in [-0.3, -0.25) is 0 Å². The maximum Gasteiger partial charge on any atom is 0.109 e.